The van der Waals surface area contributed by atoms with Crippen molar-refractivity contribution in [2.45, 2.75) is 19.8 Å². The van der Waals surface area contributed by atoms with Gasteiger partial charge in [-0.2, -0.15) is 4.98 Å². The molecule has 0 saturated heterocycles. The molecule has 0 saturated carbocycles. The largest absolute Gasteiger partial charge is 0.339 e. The molecule has 0 amide bonds. The summed E-state index contributed by atoms with van der Waals surface area (Å²) in [6.45, 7) is 7.49. The minimum absolute atomic E-state index is 0.299. The summed E-state index contributed by atoms with van der Waals surface area (Å²) >= 11 is 0. The Labute approximate surface area is 54.1 Å². The third-order valence-electron chi connectivity index (χ3n) is 0.978. The third-order valence-corrected chi connectivity index (χ3v) is 0.978. The quantitative estimate of drug-likeness (QED) is 0.569. The van der Waals surface area contributed by atoms with Gasteiger partial charge in [-0.1, -0.05) is 19.0 Å². The maximum Gasteiger partial charge on any atom is 0.229 e. The van der Waals surface area contributed by atoms with Gasteiger partial charge in [-0.3, -0.25) is 0 Å². The molecule has 0 aliphatic heterocycles. The molecule has 3 nitrogen and oxygen atoms in total. The fourth-order valence-corrected chi connectivity index (χ4v) is 0.502. The molecule has 0 aromatic carbocycles. The average molecular weight is 125 g/mol. The first-order valence-corrected chi connectivity index (χ1v) is 2.85. The molecule has 1 rings (SSSR count). The first-order chi connectivity index (χ1) is 4.20. The van der Waals surface area contributed by atoms with E-state index in [2.05, 4.69) is 17.1 Å². The lowest BCUT2D eigenvalue weighted by atomic mass is 10.2. The second-order valence-corrected chi connectivity index (χ2v) is 2.20. The van der Waals surface area contributed by atoms with Crippen LogP contribution in [0.4, 0.5) is 0 Å². The van der Waals surface area contributed by atoms with Crippen LogP contribution in [0, 0.1) is 6.92 Å². The van der Waals surface area contributed by atoms with Crippen LogP contribution in [0.25, 0.3) is 0 Å². The summed E-state index contributed by atoms with van der Waals surface area (Å²) in [6.07, 6.45) is 0. The molecule has 1 aromatic heterocycles. The van der Waals surface area contributed by atoms with E-state index in [1.165, 1.54) is 0 Å². The second kappa shape index (κ2) is 2.17. The predicted molar refractivity (Wildman–Crippen MR) is 32.8 cm³/mol. The number of aromatic nitrogens is 2. The van der Waals surface area contributed by atoms with Crippen LogP contribution in [-0.2, 0) is 0 Å². The Kier molecular flexibility index (Phi) is 1.51. The summed E-state index contributed by atoms with van der Waals surface area (Å²) in [4.78, 5) is 3.92. The van der Waals surface area contributed by atoms with Crippen molar-refractivity contribution < 1.29 is 4.52 Å². The predicted octanol–water partition coefficient (Wildman–Crippen LogP) is 1.38. The molecular formula is C6H9N2O. The van der Waals surface area contributed by atoms with Crippen molar-refractivity contribution in [3.63, 3.8) is 0 Å². The van der Waals surface area contributed by atoms with Gasteiger partial charge in [0, 0.05) is 12.8 Å². The van der Waals surface area contributed by atoms with Gasteiger partial charge < -0.3 is 4.52 Å². The molecule has 0 aliphatic rings. The smallest absolute Gasteiger partial charge is 0.229 e. The Morgan fingerprint density at radius 1 is 1.56 bits per heavy atom. The topological polar surface area (TPSA) is 38.9 Å². The van der Waals surface area contributed by atoms with Crippen molar-refractivity contribution >= 4 is 0 Å². The Morgan fingerprint density at radius 2 is 2.22 bits per heavy atom. The molecule has 0 fully saturated rings. The van der Waals surface area contributed by atoms with Gasteiger partial charge in [-0.05, 0) is 0 Å². The first-order valence-electron chi connectivity index (χ1n) is 2.85. The summed E-state index contributed by atoms with van der Waals surface area (Å²) in [6, 6.07) is 0. The molecule has 1 aromatic rings. The molecule has 0 spiro atoms. The normalized spacial score (nSPS) is 10.7. The molecule has 3 heteroatoms. The fourth-order valence-electron chi connectivity index (χ4n) is 0.502. The van der Waals surface area contributed by atoms with E-state index in [1.807, 2.05) is 13.8 Å². The SMILES string of the molecule is [CH2]c1noc(C(C)C)n1. The lowest BCUT2D eigenvalue weighted by Crippen LogP contribution is -1.85. The summed E-state index contributed by atoms with van der Waals surface area (Å²) in [5, 5.41) is 3.54. The standard InChI is InChI=1S/C6H9N2O/c1-4(2)6-7-5(3)8-9-6/h4H,3H2,1-2H3. The zero-order valence-electron chi connectivity index (χ0n) is 5.59. The highest BCUT2D eigenvalue weighted by molar-refractivity contribution is 4.92. The molecule has 0 N–H and O–H groups in total. The summed E-state index contributed by atoms with van der Waals surface area (Å²) in [7, 11) is 0. The van der Waals surface area contributed by atoms with E-state index in [4.69, 9.17) is 4.52 Å². The number of hydrogen-bond acceptors (Lipinski definition) is 3. The van der Waals surface area contributed by atoms with Crippen molar-refractivity contribution in [2.24, 2.45) is 0 Å². The van der Waals surface area contributed by atoms with Crippen LogP contribution >= 0.6 is 0 Å². The van der Waals surface area contributed by atoms with Crippen molar-refractivity contribution in [1.82, 2.24) is 10.1 Å². The molecule has 0 atom stereocenters. The first kappa shape index (κ1) is 6.26. The number of rotatable bonds is 1. The molecular weight excluding hydrogens is 116 g/mol. The van der Waals surface area contributed by atoms with Crippen LogP contribution < -0.4 is 0 Å². The van der Waals surface area contributed by atoms with Crippen molar-refractivity contribution in [3.8, 4) is 0 Å². The number of nitrogens with zero attached hydrogens (tertiary/aromatic N) is 2. The van der Waals surface area contributed by atoms with Crippen molar-refractivity contribution in [2.75, 3.05) is 0 Å². The van der Waals surface area contributed by atoms with Crippen LogP contribution in [0.5, 0.6) is 0 Å². The summed E-state index contributed by atoms with van der Waals surface area (Å²) < 4.78 is 4.80. The zero-order chi connectivity index (χ0) is 6.85. The van der Waals surface area contributed by atoms with E-state index in [9.17, 15) is 0 Å². The van der Waals surface area contributed by atoms with Crippen LogP contribution in [0.2, 0.25) is 0 Å². The Balaban J connectivity index is 2.85. The van der Waals surface area contributed by atoms with Gasteiger partial charge in [0.05, 0.1) is 0 Å². The average Bonchev–Trinajstić information content (AvgIpc) is 2.14. The van der Waals surface area contributed by atoms with E-state index in [-0.39, 0.29) is 0 Å². The van der Waals surface area contributed by atoms with Crippen molar-refractivity contribution in [1.29, 1.82) is 0 Å². The van der Waals surface area contributed by atoms with E-state index in [1.54, 1.807) is 0 Å². The van der Waals surface area contributed by atoms with Gasteiger partial charge in [-0.25, -0.2) is 0 Å². The van der Waals surface area contributed by atoms with Crippen LogP contribution in [0.3, 0.4) is 0 Å². The van der Waals surface area contributed by atoms with Gasteiger partial charge in [-0.15, -0.1) is 0 Å². The Bertz CT molecular complexity index is 193. The molecule has 0 bridgehead atoms. The molecule has 0 aliphatic carbocycles. The fraction of sp³-hybridized carbons (Fsp3) is 0.500. The van der Waals surface area contributed by atoms with E-state index >= 15 is 0 Å². The minimum Gasteiger partial charge on any atom is -0.339 e. The summed E-state index contributed by atoms with van der Waals surface area (Å²) in [5.41, 5.74) is 0. The van der Waals surface area contributed by atoms with Crippen LogP contribution in [0.15, 0.2) is 4.52 Å². The lowest BCUT2D eigenvalue weighted by molar-refractivity contribution is 0.363. The minimum atomic E-state index is 0.299. The van der Waals surface area contributed by atoms with Crippen LogP contribution in [0.1, 0.15) is 31.5 Å². The van der Waals surface area contributed by atoms with Gasteiger partial charge in [0.2, 0.25) is 5.89 Å². The highest BCUT2D eigenvalue weighted by Crippen LogP contribution is 2.09. The highest BCUT2D eigenvalue weighted by Gasteiger charge is 2.05. The highest BCUT2D eigenvalue weighted by atomic mass is 16.5. The van der Waals surface area contributed by atoms with E-state index in [0.29, 0.717) is 17.6 Å². The Morgan fingerprint density at radius 3 is 2.44 bits per heavy atom. The molecule has 49 valence electrons. The molecule has 1 heterocycles. The molecule has 9 heavy (non-hydrogen) atoms. The molecule has 0 unspecified atom stereocenters. The van der Waals surface area contributed by atoms with E-state index in [0.717, 1.165) is 0 Å². The maximum atomic E-state index is 4.80. The van der Waals surface area contributed by atoms with Gasteiger partial charge in [0.1, 0.15) is 0 Å². The second-order valence-electron chi connectivity index (χ2n) is 2.20. The maximum absolute atomic E-state index is 4.80. The molecule has 1 radical (unpaired) electrons. The lowest BCUT2D eigenvalue weighted by Gasteiger charge is -1.91. The van der Waals surface area contributed by atoms with Crippen molar-refractivity contribution in [3.05, 3.63) is 18.6 Å². The Hall–Kier alpha value is -0.860. The van der Waals surface area contributed by atoms with Gasteiger partial charge >= 0.3 is 0 Å². The van der Waals surface area contributed by atoms with E-state index < -0.39 is 0 Å². The zero-order valence-corrected chi connectivity index (χ0v) is 5.59. The van der Waals surface area contributed by atoms with Crippen LogP contribution in [-0.4, -0.2) is 10.1 Å². The van der Waals surface area contributed by atoms with Gasteiger partial charge in [0.25, 0.3) is 0 Å². The third kappa shape index (κ3) is 1.28. The van der Waals surface area contributed by atoms with Gasteiger partial charge in [0.15, 0.2) is 5.82 Å². The monoisotopic (exact) mass is 125 g/mol. The summed E-state index contributed by atoms with van der Waals surface area (Å²) in [5.74, 6) is 1.41. The number of hydrogen-bond donors (Lipinski definition) is 0.